The third kappa shape index (κ3) is 10.5. The van der Waals surface area contributed by atoms with E-state index in [4.69, 9.17) is 20.7 Å². The maximum atomic E-state index is 9.86. The molecule has 20 heavy (non-hydrogen) atoms. The predicted octanol–water partition coefficient (Wildman–Crippen LogP) is 1.30. The van der Waals surface area contributed by atoms with Gasteiger partial charge in [-0.15, -0.1) is 22.9 Å². The molecule has 7 nitrogen and oxygen atoms in total. The Morgan fingerprint density at radius 3 is 1.80 bits per heavy atom. The molecular formula is C9H16ClNO6S3. The van der Waals surface area contributed by atoms with E-state index < -0.39 is 31.7 Å². The van der Waals surface area contributed by atoms with Gasteiger partial charge < -0.3 is 0 Å². The Hall–Kier alpha value is -0.260. The number of aryl methyl sites for hydroxylation is 3. The monoisotopic (exact) mass is 365 g/mol. The summed E-state index contributed by atoms with van der Waals surface area (Å²) in [5.74, 6) is -1.26. The van der Waals surface area contributed by atoms with E-state index in [1.54, 1.807) is 11.3 Å². The molecule has 118 valence electrons. The molecule has 0 saturated carbocycles. The normalized spacial score (nSPS) is 11.8. The molecule has 0 radical (unpaired) electrons. The van der Waals surface area contributed by atoms with Gasteiger partial charge in [-0.3, -0.25) is 9.11 Å². The molecular weight excluding hydrogens is 350 g/mol. The highest BCUT2D eigenvalue weighted by Crippen LogP contribution is 2.17. The van der Waals surface area contributed by atoms with Crippen LogP contribution in [0, 0.1) is 13.8 Å². The van der Waals surface area contributed by atoms with Gasteiger partial charge in [0.15, 0.2) is 0 Å². The van der Waals surface area contributed by atoms with Crippen LogP contribution < -0.4 is 0 Å². The summed E-state index contributed by atoms with van der Waals surface area (Å²) < 4.78 is 55.4. The van der Waals surface area contributed by atoms with Gasteiger partial charge in [-0.05, 0) is 20.3 Å². The molecule has 0 unspecified atom stereocenters. The first-order valence-corrected chi connectivity index (χ1v) is 9.90. The summed E-state index contributed by atoms with van der Waals surface area (Å²) in [7, 11) is -8.59. The van der Waals surface area contributed by atoms with Crippen molar-refractivity contribution in [2.45, 2.75) is 20.3 Å². The smallest absolute Gasteiger partial charge is 0.265 e. The Kier molecular flexibility index (Phi) is 8.14. The van der Waals surface area contributed by atoms with E-state index in [2.05, 4.69) is 4.98 Å². The summed E-state index contributed by atoms with van der Waals surface area (Å²) in [6.07, 6.45) is 0.957. The maximum absolute atomic E-state index is 9.86. The Morgan fingerprint density at radius 1 is 1.10 bits per heavy atom. The summed E-state index contributed by atoms with van der Waals surface area (Å²) in [5, 5.41) is 1.14. The third-order valence-corrected chi connectivity index (χ3v) is 4.94. The van der Waals surface area contributed by atoms with Crippen molar-refractivity contribution in [1.29, 1.82) is 0 Å². The van der Waals surface area contributed by atoms with Gasteiger partial charge in [0.25, 0.3) is 20.2 Å². The van der Waals surface area contributed by atoms with Crippen molar-refractivity contribution in [3.63, 3.8) is 0 Å². The van der Waals surface area contributed by atoms with Crippen LogP contribution in [-0.4, -0.2) is 48.3 Å². The minimum atomic E-state index is -4.30. The lowest BCUT2D eigenvalue weighted by molar-refractivity contribution is 0.472. The molecule has 1 aromatic heterocycles. The molecule has 1 aromatic rings. The van der Waals surface area contributed by atoms with Gasteiger partial charge in [0.2, 0.25) is 0 Å². The van der Waals surface area contributed by atoms with Crippen molar-refractivity contribution in [3.8, 4) is 0 Å². The van der Waals surface area contributed by atoms with E-state index in [1.165, 1.54) is 4.88 Å². The van der Waals surface area contributed by atoms with Crippen LogP contribution in [-0.2, 0) is 26.7 Å². The highest BCUT2D eigenvalue weighted by atomic mass is 35.5. The number of hydrogen-bond acceptors (Lipinski definition) is 6. The Balaban J connectivity index is 0.000000361. The lowest BCUT2D eigenvalue weighted by atomic mass is 10.3. The summed E-state index contributed by atoms with van der Waals surface area (Å²) in [4.78, 5) is 5.62. The van der Waals surface area contributed by atoms with E-state index in [0.717, 1.165) is 17.1 Å². The molecule has 0 fully saturated rings. The quantitative estimate of drug-likeness (QED) is 0.595. The van der Waals surface area contributed by atoms with Gasteiger partial charge in [-0.2, -0.15) is 16.8 Å². The summed E-state index contributed by atoms with van der Waals surface area (Å²) in [5.41, 5.74) is 1.14. The van der Waals surface area contributed by atoms with Crippen molar-refractivity contribution in [2.24, 2.45) is 0 Å². The Labute approximate surface area is 127 Å². The number of rotatable bonds is 5. The van der Waals surface area contributed by atoms with Crippen LogP contribution in [0.2, 0.25) is 0 Å². The number of aromatic nitrogens is 1. The Bertz CT molecular complexity index is 590. The van der Waals surface area contributed by atoms with Crippen LogP contribution in [0.3, 0.4) is 0 Å². The first-order chi connectivity index (χ1) is 8.94. The second kappa shape index (κ2) is 8.25. The third-order valence-electron chi connectivity index (χ3n) is 1.92. The average Bonchev–Trinajstić information content (AvgIpc) is 2.54. The molecule has 0 bridgehead atoms. The Morgan fingerprint density at radius 2 is 1.55 bits per heavy atom. The fourth-order valence-electron chi connectivity index (χ4n) is 1.10. The van der Waals surface area contributed by atoms with E-state index in [0.29, 0.717) is 5.88 Å². The zero-order valence-electron chi connectivity index (χ0n) is 10.9. The maximum Gasteiger partial charge on any atom is 0.265 e. The minimum Gasteiger partial charge on any atom is -0.286 e. The average molecular weight is 366 g/mol. The number of nitrogens with zero attached hydrogens (tertiary/aromatic N) is 1. The molecule has 0 amide bonds. The minimum absolute atomic E-state index is 0.697. The largest absolute Gasteiger partial charge is 0.286 e. The van der Waals surface area contributed by atoms with Crippen molar-refractivity contribution < 1.29 is 25.9 Å². The second-order valence-corrected chi connectivity index (χ2v) is 8.56. The number of alkyl halides is 1. The van der Waals surface area contributed by atoms with Crippen molar-refractivity contribution in [1.82, 2.24) is 4.98 Å². The van der Waals surface area contributed by atoms with Crippen molar-refractivity contribution in [2.75, 3.05) is 17.4 Å². The van der Waals surface area contributed by atoms with E-state index in [9.17, 15) is 16.8 Å². The van der Waals surface area contributed by atoms with Crippen LogP contribution >= 0.6 is 22.9 Å². The van der Waals surface area contributed by atoms with Gasteiger partial charge in [-0.1, -0.05) is 0 Å². The molecule has 1 heterocycles. The van der Waals surface area contributed by atoms with Crippen LogP contribution in [0.1, 0.15) is 15.6 Å². The summed E-state index contributed by atoms with van der Waals surface area (Å²) >= 11 is 7.34. The molecule has 0 atom stereocenters. The van der Waals surface area contributed by atoms with Crippen LogP contribution in [0.4, 0.5) is 0 Å². The molecule has 0 spiro atoms. The van der Waals surface area contributed by atoms with Crippen molar-refractivity contribution >= 4 is 43.2 Å². The van der Waals surface area contributed by atoms with E-state index >= 15 is 0 Å². The van der Waals surface area contributed by atoms with Crippen LogP contribution in [0.15, 0.2) is 0 Å². The second-order valence-electron chi connectivity index (χ2n) is 3.75. The SMILES string of the molecule is Cc1nc(C)c(CCCl)s1.O=S(=O)(O)CCS(=O)(=O)O. The van der Waals surface area contributed by atoms with Gasteiger partial charge in [-0.25, -0.2) is 4.98 Å². The molecule has 2 N–H and O–H groups in total. The summed E-state index contributed by atoms with van der Waals surface area (Å²) in [6, 6.07) is 0. The molecule has 0 saturated heterocycles. The molecule has 0 aliphatic heterocycles. The van der Waals surface area contributed by atoms with E-state index in [1.807, 2.05) is 13.8 Å². The standard InChI is InChI=1S/C7H10ClNS.C2H6O6S2/c1-5-7(3-4-8)10-6(2)9-5;3-9(4,5)1-2-10(6,7)8/h3-4H2,1-2H3;1-2H2,(H,3,4,5)(H,6,7,8). The van der Waals surface area contributed by atoms with Gasteiger partial charge >= 0.3 is 0 Å². The fraction of sp³-hybridized carbons (Fsp3) is 0.667. The van der Waals surface area contributed by atoms with Crippen LogP contribution in [0.25, 0.3) is 0 Å². The topological polar surface area (TPSA) is 122 Å². The molecule has 0 aliphatic rings. The van der Waals surface area contributed by atoms with E-state index in [-0.39, 0.29) is 0 Å². The van der Waals surface area contributed by atoms with Gasteiger partial charge in [0, 0.05) is 10.8 Å². The zero-order valence-corrected chi connectivity index (χ0v) is 14.1. The number of thiazole rings is 1. The van der Waals surface area contributed by atoms with Gasteiger partial charge in [0.05, 0.1) is 22.2 Å². The number of halogens is 1. The lowest BCUT2D eigenvalue weighted by Gasteiger charge is -1.92. The molecule has 11 heteroatoms. The summed E-state index contributed by atoms with van der Waals surface area (Å²) in [6.45, 7) is 4.06. The highest BCUT2D eigenvalue weighted by Gasteiger charge is 2.11. The first-order valence-electron chi connectivity index (χ1n) is 5.34. The number of hydrogen-bond donors (Lipinski definition) is 2. The predicted molar refractivity (Wildman–Crippen MR) is 78.8 cm³/mol. The lowest BCUT2D eigenvalue weighted by Crippen LogP contribution is -2.15. The molecule has 0 aromatic carbocycles. The zero-order chi connectivity index (χ0) is 16.0. The highest BCUT2D eigenvalue weighted by molar-refractivity contribution is 7.89. The fourth-order valence-corrected chi connectivity index (χ4v) is 4.02. The van der Waals surface area contributed by atoms with Crippen molar-refractivity contribution in [3.05, 3.63) is 15.6 Å². The molecule has 0 aliphatic carbocycles. The van der Waals surface area contributed by atoms with Gasteiger partial charge in [0.1, 0.15) is 0 Å². The first kappa shape index (κ1) is 19.7. The molecule has 1 rings (SSSR count). The van der Waals surface area contributed by atoms with Crippen LogP contribution in [0.5, 0.6) is 0 Å².